The third-order valence-corrected chi connectivity index (χ3v) is 7.47. The second-order valence-corrected chi connectivity index (χ2v) is 10.4. The van der Waals surface area contributed by atoms with Gasteiger partial charge in [-0.15, -0.1) is 0 Å². The number of morpholine rings is 1. The highest BCUT2D eigenvalue weighted by atomic mass is 35.5. The van der Waals surface area contributed by atoms with Crippen LogP contribution in [0.2, 0.25) is 5.02 Å². The third-order valence-electron chi connectivity index (χ3n) is 6.23. The molecule has 0 radical (unpaired) electrons. The number of benzene rings is 2. The molecule has 1 aromatic heterocycles. The molecule has 0 N–H and O–H groups in total. The Hall–Kier alpha value is -2.59. The van der Waals surface area contributed by atoms with Crippen molar-refractivity contribution in [2.75, 3.05) is 64.1 Å². The first-order valence-electron chi connectivity index (χ1n) is 13.2. The van der Waals surface area contributed by atoms with Crippen molar-refractivity contribution in [1.82, 2.24) is 9.88 Å². The van der Waals surface area contributed by atoms with Gasteiger partial charge >= 0.3 is 0 Å². The lowest BCUT2D eigenvalue weighted by Gasteiger charge is -2.28. The van der Waals surface area contributed by atoms with E-state index in [2.05, 4.69) is 4.90 Å². The summed E-state index contributed by atoms with van der Waals surface area (Å²) >= 11 is 7.79. The van der Waals surface area contributed by atoms with Gasteiger partial charge in [-0.25, -0.2) is 4.98 Å². The van der Waals surface area contributed by atoms with E-state index in [9.17, 15) is 4.79 Å². The van der Waals surface area contributed by atoms with Crippen LogP contribution in [0.15, 0.2) is 24.3 Å². The van der Waals surface area contributed by atoms with Crippen LogP contribution in [-0.4, -0.2) is 75.0 Å². The molecule has 1 saturated heterocycles. The first kappa shape index (κ1) is 28.4. The van der Waals surface area contributed by atoms with Gasteiger partial charge in [-0.2, -0.15) is 0 Å². The van der Waals surface area contributed by atoms with Gasteiger partial charge in [0.25, 0.3) is 5.91 Å². The molecule has 0 aliphatic carbocycles. The molecule has 2 aromatic carbocycles. The summed E-state index contributed by atoms with van der Waals surface area (Å²) in [7, 11) is 0. The van der Waals surface area contributed by atoms with Crippen molar-refractivity contribution in [3.63, 3.8) is 0 Å². The second kappa shape index (κ2) is 13.5. The molecule has 38 heavy (non-hydrogen) atoms. The number of hydrogen-bond donors (Lipinski definition) is 0. The van der Waals surface area contributed by atoms with Crippen LogP contribution in [0.4, 0.5) is 5.13 Å². The lowest BCUT2D eigenvalue weighted by Crippen LogP contribution is -2.39. The average Bonchev–Trinajstić information content (AvgIpc) is 3.33. The smallest absolute Gasteiger partial charge is 0.260 e. The SMILES string of the molecule is CCOc1cc(C(=O)N(CCCN2CCOCC2)c2nc3c(C)cc(Cl)cc3s2)cc(OCC)c1OCC. The molecule has 0 saturated carbocycles. The number of aromatic nitrogens is 1. The second-order valence-electron chi connectivity index (χ2n) is 8.93. The molecule has 206 valence electrons. The highest BCUT2D eigenvalue weighted by Gasteiger charge is 2.26. The van der Waals surface area contributed by atoms with Crippen molar-refractivity contribution in [3.05, 3.63) is 40.4 Å². The van der Waals surface area contributed by atoms with Crippen LogP contribution < -0.4 is 19.1 Å². The predicted octanol–water partition coefficient (Wildman–Crippen LogP) is 5.82. The van der Waals surface area contributed by atoms with E-state index in [-0.39, 0.29) is 5.91 Å². The molecule has 8 nitrogen and oxygen atoms in total. The Labute approximate surface area is 233 Å². The fraction of sp³-hybridized carbons (Fsp3) is 0.500. The first-order chi connectivity index (χ1) is 18.4. The molecule has 1 aliphatic heterocycles. The zero-order chi connectivity index (χ0) is 27.1. The van der Waals surface area contributed by atoms with Gasteiger partial charge in [-0.3, -0.25) is 14.6 Å². The van der Waals surface area contributed by atoms with Crippen molar-refractivity contribution >= 4 is 44.2 Å². The van der Waals surface area contributed by atoms with Crippen LogP contribution in [-0.2, 0) is 4.74 Å². The summed E-state index contributed by atoms with van der Waals surface area (Å²) in [5.74, 6) is 1.32. The van der Waals surface area contributed by atoms with E-state index in [0.717, 1.165) is 55.0 Å². The fourth-order valence-corrected chi connectivity index (χ4v) is 5.93. The van der Waals surface area contributed by atoms with Crippen molar-refractivity contribution in [2.45, 2.75) is 34.1 Å². The first-order valence-corrected chi connectivity index (χ1v) is 14.4. The Morgan fingerprint density at radius 2 is 1.71 bits per heavy atom. The molecule has 10 heteroatoms. The number of thiazole rings is 1. The average molecular weight is 562 g/mol. The van der Waals surface area contributed by atoms with Crippen molar-refractivity contribution < 1.29 is 23.7 Å². The van der Waals surface area contributed by atoms with Gasteiger partial charge in [0.2, 0.25) is 5.75 Å². The number of nitrogens with zero attached hydrogens (tertiary/aromatic N) is 3. The number of amides is 1. The van der Waals surface area contributed by atoms with E-state index in [1.807, 2.05) is 39.8 Å². The number of rotatable bonds is 12. The summed E-state index contributed by atoms with van der Waals surface area (Å²) in [5.41, 5.74) is 2.30. The lowest BCUT2D eigenvalue weighted by atomic mass is 10.1. The third kappa shape index (κ3) is 6.69. The monoisotopic (exact) mass is 561 g/mol. The van der Waals surface area contributed by atoms with E-state index < -0.39 is 0 Å². The summed E-state index contributed by atoms with van der Waals surface area (Å²) in [4.78, 5) is 23.1. The van der Waals surface area contributed by atoms with Crippen LogP contribution in [0.25, 0.3) is 10.2 Å². The summed E-state index contributed by atoms with van der Waals surface area (Å²) in [5, 5.41) is 1.30. The van der Waals surface area contributed by atoms with Gasteiger partial charge in [0, 0.05) is 36.8 Å². The maximum Gasteiger partial charge on any atom is 0.260 e. The standard InChI is InChI=1S/C28H36ClN3O5S/c1-5-35-22-16-20(17-23(36-6-2)26(22)37-7-3)27(33)32(10-8-9-31-11-13-34-14-12-31)28-30-25-19(4)15-21(29)18-24(25)38-28/h15-18H,5-14H2,1-4H3. The molecule has 1 aliphatic rings. The van der Waals surface area contributed by atoms with Gasteiger partial charge in [0.05, 0.1) is 43.3 Å². The Bertz CT molecular complexity index is 1220. The molecule has 1 fully saturated rings. The molecule has 0 atom stereocenters. The number of hydrogen-bond acceptors (Lipinski definition) is 8. The molecule has 0 unspecified atom stereocenters. The summed E-state index contributed by atoms with van der Waals surface area (Å²) in [6, 6.07) is 7.28. The fourth-order valence-electron chi connectivity index (χ4n) is 4.49. The van der Waals surface area contributed by atoms with Crippen LogP contribution in [0.5, 0.6) is 17.2 Å². The number of fused-ring (bicyclic) bond motifs is 1. The minimum atomic E-state index is -0.167. The largest absolute Gasteiger partial charge is 0.490 e. The Balaban J connectivity index is 1.70. The summed E-state index contributed by atoms with van der Waals surface area (Å²) < 4.78 is 24.0. The Morgan fingerprint density at radius 1 is 1.05 bits per heavy atom. The normalized spacial score (nSPS) is 14.0. The molecular formula is C28H36ClN3O5S. The quantitative estimate of drug-likeness (QED) is 0.276. The number of carbonyl (C=O) groups is 1. The Morgan fingerprint density at radius 3 is 2.34 bits per heavy atom. The molecule has 4 rings (SSSR count). The van der Waals surface area contributed by atoms with Crippen LogP contribution in [0.3, 0.4) is 0 Å². The van der Waals surface area contributed by atoms with Crippen molar-refractivity contribution in [3.8, 4) is 17.2 Å². The highest BCUT2D eigenvalue weighted by molar-refractivity contribution is 7.22. The lowest BCUT2D eigenvalue weighted by molar-refractivity contribution is 0.0376. The zero-order valence-corrected chi connectivity index (χ0v) is 24.1. The van der Waals surface area contributed by atoms with Gasteiger partial charge in [0.1, 0.15) is 0 Å². The molecule has 2 heterocycles. The van der Waals surface area contributed by atoms with E-state index in [1.165, 1.54) is 11.3 Å². The number of halogens is 1. The van der Waals surface area contributed by atoms with E-state index in [1.54, 1.807) is 17.0 Å². The van der Waals surface area contributed by atoms with Gasteiger partial charge in [-0.05, 0) is 63.9 Å². The number of ether oxygens (including phenoxy) is 4. The van der Waals surface area contributed by atoms with Gasteiger partial charge in [-0.1, -0.05) is 22.9 Å². The van der Waals surface area contributed by atoms with Crippen LogP contribution in [0.1, 0.15) is 43.1 Å². The zero-order valence-electron chi connectivity index (χ0n) is 22.5. The maximum absolute atomic E-state index is 14.1. The van der Waals surface area contributed by atoms with Crippen molar-refractivity contribution in [2.24, 2.45) is 0 Å². The minimum absolute atomic E-state index is 0.167. The topological polar surface area (TPSA) is 73.4 Å². The maximum atomic E-state index is 14.1. The number of aryl methyl sites for hydroxylation is 1. The molecular weight excluding hydrogens is 526 g/mol. The van der Waals surface area contributed by atoms with Gasteiger partial charge in [0.15, 0.2) is 16.6 Å². The molecule has 0 bridgehead atoms. The highest BCUT2D eigenvalue weighted by Crippen LogP contribution is 2.40. The minimum Gasteiger partial charge on any atom is -0.490 e. The Kier molecular flexibility index (Phi) is 10.1. The summed E-state index contributed by atoms with van der Waals surface area (Å²) in [6.07, 6.45) is 0.801. The molecule has 1 amide bonds. The number of anilines is 1. The van der Waals surface area contributed by atoms with Gasteiger partial charge < -0.3 is 18.9 Å². The molecule has 3 aromatic rings. The number of carbonyl (C=O) groups excluding carboxylic acids is 1. The van der Waals surface area contributed by atoms with E-state index in [4.69, 9.17) is 35.5 Å². The van der Waals surface area contributed by atoms with Crippen LogP contribution >= 0.6 is 22.9 Å². The van der Waals surface area contributed by atoms with E-state index in [0.29, 0.717) is 59.3 Å². The van der Waals surface area contributed by atoms with E-state index >= 15 is 0 Å². The van der Waals surface area contributed by atoms with Crippen LogP contribution in [0, 0.1) is 6.92 Å². The predicted molar refractivity (Wildman–Crippen MR) is 153 cm³/mol. The summed E-state index contributed by atoms with van der Waals surface area (Å²) in [6.45, 7) is 13.7. The van der Waals surface area contributed by atoms with Crippen molar-refractivity contribution in [1.29, 1.82) is 0 Å². The molecule has 0 spiro atoms.